The minimum atomic E-state index is -0.0269. The third kappa shape index (κ3) is 4.62. The van der Waals surface area contributed by atoms with Gasteiger partial charge in [0, 0.05) is 43.3 Å². The number of aromatic nitrogens is 3. The minimum absolute atomic E-state index is 0.0269. The fraction of sp³-hybridized carbons (Fsp3) is 0.231. The van der Waals surface area contributed by atoms with Gasteiger partial charge in [-0.3, -0.25) is 4.79 Å². The number of benzene rings is 2. The molecule has 1 amide bonds. The van der Waals surface area contributed by atoms with Crippen molar-refractivity contribution in [2.24, 2.45) is 0 Å². The Morgan fingerprint density at radius 3 is 2.39 bits per heavy atom. The topological polar surface area (TPSA) is 74.2 Å². The number of hydrogen-bond donors (Lipinski definition) is 1. The number of fused-ring (bicyclic) bond motifs is 1. The molecule has 3 heterocycles. The maximum absolute atomic E-state index is 13.0. The van der Waals surface area contributed by atoms with Gasteiger partial charge in [0.15, 0.2) is 0 Å². The van der Waals surface area contributed by atoms with Gasteiger partial charge >= 0.3 is 0 Å². The molecule has 4 aromatic rings. The first-order valence-electron chi connectivity index (χ1n) is 11.1. The number of pyridine rings is 1. The van der Waals surface area contributed by atoms with E-state index in [0.29, 0.717) is 37.7 Å². The number of para-hydroxylation sites is 1. The zero-order chi connectivity index (χ0) is 22.8. The number of rotatable bonds is 4. The van der Waals surface area contributed by atoms with Crippen LogP contribution in [0.3, 0.4) is 0 Å². The fourth-order valence-corrected chi connectivity index (χ4v) is 4.05. The Labute approximate surface area is 193 Å². The van der Waals surface area contributed by atoms with E-state index >= 15 is 0 Å². The van der Waals surface area contributed by atoms with Crippen molar-refractivity contribution in [3.8, 4) is 0 Å². The molecule has 1 fully saturated rings. The standard InChI is InChI=1S/C26H26N6O/c1-18-7-10-21(11-8-18)29-24-17-25(28-19(2)27-24)31-13-15-32(16-14-31)26(33)23-12-9-20-5-3-4-6-22(20)30-23/h3-12,17H,13-16H2,1-2H3,(H,27,28,29). The molecular weight excluding hydrogens is 412 g/mol. The van der Waals surface area contributed by atoms with Crippen LogP contribution in [0.4, 0.5) is 17.3 Å². The summed E-state index contributed by atoms with van der Waals surface area (Å²) in [4.78, 5) is 30.8. The van der Waals surface area contributed by atoms with Crippen molar-refractivity contribution in [2.75, 3.05) is 36.4 Å². The molecule has 5 rings (SSSR count). The predicted molar refractivity (Wildman–Crippen MR) is 131 cm³/mol. The number of hydrogen-bond acceptors (Lipinski definition) is 6. The third-order valence-corrected chi connectivity index (χ3v) is 5.86. The van der Waals surface area contributed by atoms with Crippen LogP contribution in [0.2, 0.25) is 0 Å². The van der Waals surface area contributed by atoms with Gasteiger partial charge in [-0.05, 0) is 38.1 Å². The first-order valence-corrected chi connectivity index (χ1v) is 11.1. The average Bonchev–Trinajstić information content (AvgIpc) is 2.84. The number of carbonyl (C=O) groups is 1. The Morgan fingerprint density at radius 1 is 0.848 bits per heavy atom. The van der Waals surface area contributed by atoms with Crippen molar-refractivity contribution >= 4 is 34.1 Å². The zero-order valence-electron chi connectivity index (χ0n) is 18.8. The van der Waals surface area contributed by atoms with Crippen molar-refractivity contribution < 1.29 is 4.79 Å². The summed E-state index contributed by atoms with van der Waals surface area (Å²) in [7, 11) is 0. The number of anilines is 3. The Hall–Kier alpha value is -4.00. The summed E-state index contributed by atoms with van der Waals surface area (Å²) in [5, 5.41) is 4.40. The number of carbonyl (C=O) groups excluding carboxylic acids is 1. The smallest absolute Gasteiger partial charge is 0.272 e. The van der Waals surface area contributed by atoms with Crippen LogP contribution in [0.1, 0.15) is 21.9 Å². The normalized spacial score (nSPS) is 13.9. The van der Waals surface area contributed by atoms with Gasteiger partial charge in [0.05, 0.1) is 5.52 Å². The van der Waals surface area contributed by atoms with Crippen LogP contribution >= 0.6 is 0 Å². The summed E-state index contributed by atoms with van der Waals surface area (Å²) < 4.78 is 0. The van der Waals surface area contributed by atoms with E-state index in [1.54, 1.807) is 0 Å². The first kappa shape index (κ1) is 20.9. The summed E-state index contributed by atoms with van der Waals surface area (Å²) in [6.07, 6.45) is 0. The zero-order valence-corrected chi connectivity index (χ0v) is 18.8. The van der Waals surface area contributed by atoms with Gasteiger partial charge in [-0.15, -0.1) is 0 Å². The molecule has 1 N–H and O–H groups in total. The van der Waals surface area contributed by atoms with Crippen LogP contribution in [0.15, 0.2) is 66.7 Å². The highest BCUT2D eigenvalue weighted by Gasteiger charge is 2.24. The number of nitrogens with zero attached hydrogens (tertiary/aromatic N) is 5. The largest absolute Gasteiger partial charge is 0.353 e. The summed E-state index contributed by atoms with van der Waals surface area (Å²) in [6.45, 7) is 6.62. The molecule has 0 unspecified atom stereocenters. The number of piperazine rings is 1. The monoisotopic (exact) mass is 438 g/mol. The van der Waals surface area contributed by atoms with Gasteiger partial charge in [-0.2, -0.15) is 0 Å². The first-order chi connectivity index (χ1) is 16.0. The highest BCUT2D eigenvalue weighted by Crippen LogP contribution is 2.22. The summed E-state index contributed by atoms with van der Waals surface area (Å²) in [5.74, 6) is 2.32. The van der Waals surface area contributed by atoms with Gasteiger partial charge in [-0.25, -0.2) is 15.0 Å². The molecule has 0 saturated carbocycles. The van der Waals surface area contributed by atoms with Crippen LogP contribution in [-0.2, 0) is 0 Å². The van der Waals surface area contributed by atoms with E-state index in [2.05, 4.69) is 44.2 Å². The van der Waals surface area contributed by atoms with Gasteiger partial charge in [-0.1, -0.05) is 42.0 Å². The lowest BCUT2D eigenvalue weighted by Gasteiger charge is -2.35. The van der Waals surface area contributed by atoms with Crippen molar-refractivity contribution in [2.45, 2.75) is 13.8 Å². The van der Waals surface area contributed by atoms with E-state index in [1.807, 2.05) is 66.4 Å². The predicted octanol–water partition coefficient (Wildman–Crippen LogP) is 4.35. The second-order valence-electron chi connectivity index (χ2n) is 8.32. The highest BCUT2D eigenvalue weighted by molar-refractivity contribution is 5.95. The lowest BCUT2D eigenvalue weighted by molar-refractivity contribution is 0.0741. The maximum atomic E-state index is 13.0. The molecule has 166 valence electrons. The molecule has 2 aromatic carbocycles. The van der Waals surface area contributed by atoms with Crippen molar-refractivity contribution in [1.82, 2.24) is 19.9 Å². The maximum Gasteiger partial charge on any atom is 0.272 e. The SMILES string of the molecule is Cc1ccc(Nc2cc(N3CCN(C(=O)c4ccc5ccccc5n4)CC3)nc(C)n2)cc1. The number of amides is 1. The van der Waals surface area contributed by atoms with E-state index in [-0.39, 0.29) is 5.91 Å². The fourth-order valence-electron chi connectivity index (χ4n) is 4.05. The van der Waals surface area contributed by atoms with Crippen LogP contribution < -0.4 is 10.2 Å². The molecule has 1 aliphatic heterocycles. The van der Waals surface area contributed by atoms with Crippen LogP contribution in [0.5, 0.6) is 0 Å². The summed E-state index contributed by atoms with van der Waals surface area (Å²) in [6, 6.07) is 21.8. The second-order valence-corrected chi connectivity index (χ2v) is 8.32. The summed E-state index contributed by atoms with van der Waals surface area (Å²) in [5.41, 5.74) is 3.53. The van der Waals surface area contributed by atoms with Crippen LogP contribution in [0.25, 0.3) is 10.9 Å². The van der Waals surface area contributed by atoms with E-state index in [1.165, 1.54) is 5.56 Å². The van der Waals surface area contributed by atoms with Gasteiger partial charge in [0.2, 0.25) is 0 Å². The van der Waals surface area contributed by atoms with Gasteiger partial charge < -0.3 is 15.1 Å². The van der Waals surface area contributed by atoms with E-state index in [0.717, 1.165) is 28.2 Å². The molecule has 0 radical (unpaired) electrons. The Kier molecular flexibility index (Phi) is 5.60. The van der Waals surface area contributed by atoms with Crippen molar-refractivity contribution in [1.29, 1.82) is 0 Å². The lowest BCUT2D eigenvalue weighted by atomic mass is 10.2. The van der Waals surface area contributed by atoms with Crippen LogP contribution in [-0.4, -0.2) is 51.9 Å². The Morgan fingerprint density at radius 2 is 1.61 bits per heavy atom. The molecule has 0 bridgehead atoms. The molecule has 1 aliphatic rings. The average molecular weight is 439 g/mol. The lowest BCUT2D eigenvalue weighted by Crippen LogP contribution is -2.49. The molecule has 0 aliphatic carbocycles. The molecule has 7 nitrogen and oxygen atoms in total. The molecule has 2 aromatic heterocycles. The molecule has 7 heteroatoms. The van der Waals surface area contributed by atoms with E-state index in [4.69, 9.17) is 0 Å². The Balaban J connectivity index is 1.27. The Bertz CT molecular complexity index is 1300. The van der Waals surface area contributed by atoms with Gasteiger partial charge in [0.25, 0.3) is 5.91 Å². The quantitative estimate of drug-likeness (QED) is 0.511. The molecular formula is C26H26N6O. The molecule has 1 saturated heterocycles. The van der Waals surface area contributed by atoms with E-state index in [9.17, 15) is 4.79 Å². The van der Waals surface area contributed by atoms with Crippen molar-refractivity contribution in [3.63, 3.8) is 0 Å². The summed E-state index contributed by atoms with van der Waals surface area (Å²) >= 11 is 0. The van der Waals surface area contributed by atoms with Crippen LogP contribution in [0, 0.1) is 13.8 Å². The molecule has 33 heavy (non-hydrogen) atoms. The third-order valence-electron chi connectivity index (χ3n) is 5.86. The minimum Gasteiger partial charge on any atom is -0.353 e. The van der Waals surface area contributed by atoms with Crippen molar-refractivity contribution in [3.05, 3.63) is 83.8 Å². The molecule has 0 atom stereocenters. The highest BCUT2D eigenvalue weighted by atomic mass is 16.2. The second kappa shape index (κ2) is 8.86. The van der Waals surface area contributed by atoms with Gasteiger partial charge in [0.1, 0.15) is 23.2 Å². The van der Waals surface area contributed by atoms with E-state index < -0.39 is 0 Å². The molecule has 0 spiro atoms. The number of nitrogens with one attached hydrogen (secondary N) is 1. The number of aryl methyl sites for hydroxylation is 2.